The first-order valence-corrected chi connectivity index (χ1v) is 9.05. The van der Waals surface area contributed by atoms with Crippen molar-refractivity contribution in [3.8, 4) is 5.75 Å². The van der Waals surface area contributed by atoms with E-state index in [0.29, 0.717) is 12.1 Å². The van der Waals surface area contributed by atoms with Gasteiger partial charge in [0.15, 0.2) is 0 Å². The molecule has 1 aliphatic rings. The van der Waals surface area contributed by atoms with Crippen molar-refractivity contribution in [3.63, 3.8) is 0 Å². The highest BCUT2D eigenvalue weighted by Gasteiger charge is 2.28. The van der Waals surface area contributed by atoms with Crippen LogP contribution in [0.3, 0.4) is 0 Å². The van der Waals surface area contributed by atoms with Crippen LogP contribution in [0.1, 0.15) is 18.9 Å². The summed E-state index contributed by atoms with van der Waals surface area (Å²) in [5, 5.41) is 3.76. The largest absolute Gasteiger partial charge is 0.496 e. The molecule has 0 saturated carbocycles. The Hall–Kier alpha value is -0.710. The summed E-state index contributed by atoms with van der Waals surface area (Å²) in [6.07, 6.45) is 2.20. The Morgan fingerprint density at radius 2 is 2.24 bits per heavy atom. The molecular weight excluding hydrogens is 280 g/mol. The predicted octanol–water partition coefficient (Wildman–Crippen LogP) is 2.65. The number of hydrogen-bond donors (Lipinski definition) is 1. The van der Waals surface area contributed by atoms with Crippen LogP contribution in [0.25, 0.3) is 0 Å². The molecule has 1 aliphatic heterocycles. The maximum Gasteiger partial charge on any atom is 0.122 e. The monoisotopic (exact) mass is 308 g/mol. The van der Waals surface area contributed by atoms with Gasteiger partial charge in [-0.15, -0.1) is 0 Å². The molecule has 2 rings (SSSR count). The number of para-hydroxylation sites is 1. The van der Waals surface area contributed by atoms with Gasteiger partial charge < -0.3 is 15.0 Å². The van der Waals surface area contributed by atoms with Crippen molar-refractivity contribution in [1.29, 1.82) is 0 Å². The first-order chi connectivity index (χ1) is 10.3. The second-order valence-electron chi connectivity index (χ2n) is 5.70. The number of thioether (sulfide) groups is 1. The number of ether oxygens (including phenoxy) is 1. The van der Waals surface area contributed by atoms with E-state index in [-0.39, 0.29) is 0 Å². The quantitative estimate of drug-likeness (QED) is 0.837. The third kappa shape index (κ3) is 4.63. The molecule has 4 heteroatoms. The molecule has 21 heavy (non-hydrogen) atoms. The Morgan fingerprint density at radius 1 is 1.43 bits per heavy atom. The first kappa shape index (κ1) is 16.7. The second-order valence-corrected chi connectivity index (χ2v) is 6.85. The zero-order valence-corrected chi connectivity index (χ0v) is 14.3. The molecule has 1 aromatic carbocycles. The van der Waals surface area contributed by atoms with Crippen molar-refractivity contribution < 1.29 is 4.74 Å². The number of likely N-dealkylation sites (N-methyl/N-ethyl adjacent to an activating group) is 1. The standard InChI is InChI=1S/C17H28N2OS/c1-4-9-18-15(16-13-21-11-10-19(16)2)12-14-7-5-6-8-17(14)20-3/h5-8,15-16,18H,4,9-13H2,1-3H3. The SMILES string of the molecule is CCCNC(Cc1ccccc1OC)C1CSCCN1C. The van der Waals surface area contributed by atoms with E-state index >= 15 is 0 Å². The summed E-state index contributed by atoms with van der Waals surface area (Å²) in [6, 6.07) is 9.48. The fraction of sp³-hybridized carbons (Fsp3) is 0.647. The lowest BCUT2D eigenvalue weighted by molar-refractivity contribution is 0.213. The topological polar surface area (TPSA) is 24.5 Å². The molecular formula is C17H28N2OS. The number of nitrogens with one attached hydrogen (secondary N) is 1. The van der Waals surface area contributed by atoms with Gasteiger partial charge >= 0.3 is 0 Å². The number of benzene rings is 1. The molecule has 1 aromatic rings. The lowest BCUT2D eigenvalue weighted by Gasteiger charge is -2.38. The highest BCUT2D eigenvalue weighted by molar-refractivity contribution is 7.99. The summed E-state index contributed by atoms with van der Waals surface area (Å²) in [5.74, 6) is 3.47. The average molecular weight is 308 g/mol. The summed E-state index contributed by atoms with van der Waals surface area (Å²) in [5.41, 5.74) is 1.30. The van der Waals surface area contributed by atoms with Crippen LogP contribution in [0.2, 0.25) is 0 Å². The molecule has 1 N–H and O–H groups in total. The van der Waals surface area contributed by atoms with Gasteiger partial charge in [0.2, 0.25) is 0 Å². The molecule has 1 heterocycles. The molecule has 2 atom stereocenters. The normalized spacial score (nSPS) is 21.2. The van der Waals surface area contributed by atoms with Gasteiger partial charge in [-0.05, 0) is 38.1 Å². The smallest absolute Gasteiger partial charge is 0.122 e. The van der Waals surface area contributed by atoms with Crippen LogP contribution in [0.5, 0.6) is 5.75 Å². The molecule has 3 nitrogen and oxygen atoms in total. The summed E-state index contributed by atoms with van der Waals surface area (Å²) in [7, 11) is 4.02. The molecule has 0 aromatic heterocycles. The van der Waals surface area contributed by atoms with Crippen molar-refractivity contribution in [2.24, 2.45) is 0 Å². The molecule has 0 radical (unpaired) electrons. The molecule has 0 spiro atoms. The number of nitrogens with zero attached hydrogens (tertiary/aromatic N) is 1. The maximum atomic E-state index is 5.52. The summed E-state index contributed by atoms with van der Waals surface area (Å²) in [4.78, 5) is 2.51. The van der Waals surface area contributed by atoms with Crippen LogP contribution in [0, 0.1) is 0 Å². The van der Waals surface area contributed by atoms with E-state index < -0.39 is 0 Å². The fourth-order valence-electron chi connectivity index (χ4n) is 2.91. The zero-order valence-electron chi connectivity index (χ0n) is 13.5. The van der Waals surface area contributed by atoms with Gasteiger partial charge in [-0.1, -0.05) is 25.1 Å². The van der Waals surface area contributed by atoms with E-state index in [1.54, 1.807) is 7.11 Å². The number of hydrogen-bond acceptors (Lipinski definition) is 4. The van der Waals surface area contributed by atoms with E-state index in [2.05, 4.69) is 54.1 Å². The Balaban J connectivity index is 2.11. The van der Waals surface area contributed by atoms with Crippen molar-refractivity contribution in [2.75, 3.05) is 38.8 Å². The lowest BCUT2D eigenvalue weighted by atomic mass is 9.98. The van der Waals surface area contributed by atoms with Crippen LogP contribution in [0.4, 0.5) is 0 Å². The van der Waals surface area contributed by atoms with Crippen LogP contribution in [0.15, 0.2) is 24.3 Å². The number of rotatable bonds is 7. The minimum Gasteiger partial charge on any atom is -0.496 e. The van der Waals surface area contributed by atoms with E-state index in [9.17, 15) is 0 Å². The van der Waals surface area contributed by atoms with E-state index in [0.717, 1.165) is 18.7 Å². The molecule has 1 saturated heterocycles. The van der Waals surface area contributed by atoms with E-state index in [1.165, 1.54) is 30.0 Å². The van der Waals surface area contributed by atoms with Crippen molar-refractivity contribution in [2.45, 2.75) is 31.8 Å². The lowest BCUT2D eigenvalue weighted by Crippen LogP contribution is -2.53. The molecule has 1 fully saturated rings. The van der Waals surface area contributed by atoms with Crippen LogP contribution >= 0.6 is 11.8 Å². The molecule has 0 amide bonds. The van der Waals surface area contributed by atoms with E-state index in [1.807, 2.05) is 6.07 Å². The molecule has 0 aliphatic carbocycles. The highest BCUT2D eigenvalue weighted by atomic mass is 32.2. The zero-order chi connectivity index (χ0) is 15.1. The Labute approximate surface area is 133 Å². The van der Waals surface area contributed by atoms with Crippen LogP contribution in [-0.4, -0.2) is 55.7 Å². The Kier molecular flexibility index (Phi) is 6.87. The summed E-state index contributed by atoms with van der Waals surface area (Å²) in [6.45, 7) is 4.49. The summed E-state index contributed by atoms with van der Waals surface area (Å²) < 4.78 is 5.52. The van der Waals surface area contributed by atoms with E-state index in [4.69, 9.17) is 4.74 Å². The minimum atomic E-state index is 0.485. The van der Waals surface area contributed by atoms with Crippen molar-refractivity contribution in [1.82, 2.24) is 10.2 Å². The third-order valence-electron chi connectivity index (χ3n) is 4.20. The molecule has 0 bridgehead atoms. The van der Waals surface area contributed by atoms with Gasteiger partial charge in [0.25, 0.3) is 0 Å². The Bertz CT molecular complexity index is 427. The van der Waals surface area contributed by atoms with Gasteiger partial charge in [-0.25, -0.2) is 0 Å². The Morgan fingerprint density at radius 3 is 2.95 bits per heavy atom. The summed E-state index contributed by atoms with van der Waals surface area (Å²) >= 11 is 2.08. The van der Waals surface area contributed by atoms with Gasteiger partial charge in [0, 0.05) is 30.1 Å². The average Bonchev–Trinajstić information content (AvgIpc) is 2.52. The van der Waals surface area contributed by atoms with Crippen LogP contribution < -0.4 is 10.1 Å². The highest BCUT2D eigenvalue weighted by Crippen LogP contribution is 2.24. The first-order valence-electron chi connectivity index (χ1n) is 7.89. The molecule has 118 valence electrons. The predicted molar refractivity (Wildman–Crippen MR) is 92.5 cm³/mol. The second kappa shape index (κ2) is 8.66. The van der Waals surface area contributed by atoms with Gasteiger partial charge in [-0.3, -0.25) is 0 Å². The third-order valence-corrected chi connectivity index (χ3v) is 5.24. The van der Waals surface area contributed by atoms with Gasteiger partial charge in [0.1, 0.15) is 5.75 Å². The maximum absolute atomic E-state index is 5.52. The minimum absolute atomic E-state index is 0.485. The van der Waals surface area contributed by atoms with Crippen molar-refractivity contribution in [3.05, 3.63) is 29.8 Å². The molecule has 2 unspecified atom stereocenters. The van der Waals surface area contributed by atoms with Gasteiger partial charge in [-0.2, -0.15) is 11.8 Å². The van der Waals surface area contributed by atoms with Crippen molar-refractivity contribution >= 4 is 11.8 Å². The van der Waals surface area contributed by atoms with Gasteiger partial charge in [0.05, 0.1) is 7.11 Å². The number of methoxy groups -OCH3 is 1. The van der Waals surface area contributed by atoms with Crippen LogP contribution in [-0.2, 0) is 6.42 Å². The fourth-order valence-corrected chi connectivity index (χ4v) is 4.22.